The molecule has 2 N–H and O–H groups in total. The Bertz CT molecular complexity index is 745. The van der Waals surface area contributed by atoms with Gasteiger partial charge in [0.2, 0.25) is 0 Å². The Morgan fingerprint density at radius 3 is 2.83 bits per heavy atom. The molecule has 1 aliphatic carbocycles. The lowest BCUT2D eigenvalue weighted by Gasteiger charge is -2.17. The third kappa shape index (κ3) is 2.96. The molecular weight excluding hydrogens is 325 g/mol. The van der Waals surface area contributed by atoms with Crippen molar-refractivity contribution in [2.45, 2.75) is 25.3 Å². The average Bonchev–Trinajstić information content (AvgIpc) is 3.27. The number of aromatic nitrogens is 1. The Morgan fingerprint density at radius 1 is 1.29 bits per heavy atom. The molecular formula is C18H20FN3OS. The zero-order chi connectivity index (χ0) is 16.7. The fraction of sp³-hybridized carbons (Fsp3) is 0.444. The number of benzene rings is 1. The van der Waals surface area contributed by atoms with Gasteiger partial charge in [-0.25, -0.2) is 9.37 Å². The largest absolute Gasteiger partial charge is 0.337 e. The molecule has 4 rings (SSSR count). The molecule has 3 unspecified atom stereocenters. The molecule has 1 aliphatic heterocycles. The highest BCUT2D eigenvalue weighted by atomic mass is 32.1. The second kappa shape index (κ2) is 6.26. The second-order valence-corrected chi connectivity index (χ2v) is 7.75. The zero-order valence-electron chi connectivity index (χ0n) is 13.3. The molecule has 4 nitrogen and oxygen atoms in total. The van der Waals surface area contributed by atoms with Crippen molar-refractivity contribution in [1.29, 1.82) is 0 Å². The van der Waals surface area contributed by atoms with Gasteiger partial charge in [-0.05, 0) is 42.4 Å². The molecule has 1 saturated carbocycles. The predicted octanol–water partition coefficient (Wildman–Crippen LogP) is 2.68. The topological polar surface area (TPSA) is 59.2 Å². The number of carbonyl (C=O) groups is 1. The number of amides is 1. The number of rotatable bonds is 3. The van der Waals surface area contributed by atoms with Crippen LogP contribution in [-0.2, 0) is 6.42 Å². The number of halogens is 1. The van der Waals surface area contributed by atoms with Crippen LogP contribution in [0.4, 0.5) is 4.39 Å². The van der Waals surface area contributed by atoms with E-state index in [2.05, 4.69) is 4.98 Å². The van der Waals surface area contributed by atoms with Crippen LogP contribution in [0.15, 0.2) is 29.6 Å². The standard InChI is InChI=1S/C18H20FN3OS/c19-13-4-1-11(2-5-13)7-17-21-16(10-24-17)18(23)22-8-12-3-6-15(20)14(12)9-22/h1-2,4-5,10,12,14-15H,3,6-9,20H2. The molecule has 1 saturated heterocycles. The number of nitrogens with zero attached hydrogens (tertiary/aromatic N) is 2. The maximum Gasteiger partial charge on any atom is 0.273 e. The monoisotopic (exact) mass is 345 g/mol. The molecule has 1 aromatic heterocycles. The van der Waals surface area contributed by atoms with Gasteiger partial charge in [0.05, 0.1) is 5.01 Å². The van der Waals surface area contributed by atoms with Crippen molar-refractivity contribution in [3.63, 3.8) is 0 Å². The van der Waals surface area contributed by atoms with Gasteiger partial charge in [0.1, 0.15) is 11.5 Å². The first-order valence-electron chi connectivity index (χ1n) is 8.34. The molecule has 6 heteroatoms. The Balaban J connectivity index is 1.43. The normalized spacial score (nSPS) is 25.9. The van der Waals surface area contributed by atoms with Crippen LogP contribution in [0.3, 0.4) is 0 Å². The molecule has 0 bridgehead atoms. The van der Waals surface area contributed by atoms with Crippen molar-refractivity contribution in [3.8, 4) is 0 Å². The third-order valence-corrected chi connectivity index (χ3v) is 6.09. The number of likely N-dealkylation sites (tertiary alicyclic amines) is 1. The minimum absolute atomic E-state index is 0.0122. The maximum atomic E-state index is 13.0. The summed E-state index contributed by atoms with van der Waals surface area (Å²) in [6.45, 7) is 1.57. The van der Waals surface area contributed by atoms with Gasteiger partial charge < -0.3 is 10.6 Å². The quantitative estimate of drug-likeness (QED) is 0.930. The first-order chi connectivity index (χ1) is 11.6. The summed E-state index contributed by atoms with van der Waals surface area (Å²) in [4.78, 5) is 19.1. The van der Waals surface area contributed by atoms with Crippen LogP contribution in [0, 0.1) is 17.7 Å². The number of hydrogen-bond acceptors (Lipinski definition) is 4. The van der Waals surface area contributed by atoms with Gasteiger partial charge in [0.15, 0.2) is 0 Å². The minimum atomic E-state index is -0.244. The SMILES string of the molecule is NC1CCC2CN(C(=O)c3csc(Cc4ccc(F)cc4)n3)CC12. The summed E-state index contributed by atoms with van der Waals surface area (Å²) < 4.78 is 13.0. The Labute approximate surface area is 144 Å². The summed E-state index contributed by atoms with van der Waals surface area (Å²) in [6, 6.07) is 6.63. The summed E-state index contributed by atoms with van der Waals surface area (Å²) in [7, 11) is 0. The number of thiazole rings is 1. The van der Waals surface area contributed by atoms with Crippen molar-refractivity contribution in [2.24, 2.45) is 17.6 Å². The fourth-order valence-electron chi connectivity index (χ4n) is 3.90. The highest BCUT2D eigenvalue weighted by Crippen LogP contribution is 2.37. The fourth-order valence-corrected chi connectivity index (χ4v) is 4.70. The van der Waals surface area contributed by atoms with Gasteiger partial charge in [-0.2, -0.15) is 0 Å². The molecule has 1 aromatic carbocycles. The molecule has 3 atom stereocenters. The molecule has 2 heterocycles. The molecule has 2 aliphatic rings. The first kappa shape index (κ1) is 15.7. The second-order valence-electron chi connectivity index (χ2n) is 6.81. The molecule has 2 aromatic rings. The molecule has 1 amide bonds. The van der Waals surface area contributed by atoms with Gasteiger partial charge in [0.25, 0.3) is 5.91 Å². The zero-order valence-corrected chi connectivity index (χ0v) is 14.1. The van der Waals surface area contributed by atoms with Gasteiger partial charge >= 0.3 is 0 Å². The van der Waals surface area contributed by atoms with E-state index in [0.29, 0.717) is 24.0 Å². The minimum Gasteiger partial charge on any atom is -0.337 e. The summed E-state index contributed by atoms with van der Waals surface area (Å²) in [5, 5.41) is 2.70. The van der Waals surface area contributed by atoms with E-state index >= 15 is 0 Å². The van der Waals surface area contributed by atoms with Crippen LogP contribution < -0.4 is 5.73 Å². The summed E-state index contributed by atoms with van der Waals surface area (Å²) in [5.74, 6) is 0.775. The lowest BCUT2D eigenvalue weighted by molar-refractivity contribution is 0.0774. The average molecular weight is 345 g/mol. The van der Waals surface area contributed by atoms with Gasteiger partial charge in [-0.3, -0.25) is 4.79 Å². The first-order valence-corrected chi connectivity index (χ1v) is 9.22. The molecule has 24 heavy (non-hydrogen) atoms. The highest BCUT2D eigenvalue weighted by Gasteiger charge is 2.42. The van der Waals surface area contributed by atoms with E-state index in [1.165, 1.54) is 23.5 Å². The predicted molar refractivity (Wildman–Crippen MR) is 91.4 cm³/mol. The van der Waals surface area contributed by atoms with E-state index in [-0.39, 0.29) is 17.8 Å². The molecule has 0 spiro atoms. The van der Waals surface area contributed by atoms with Gasteiger partial charge in [0, 0.05) is 30.9 Å². The summed E-state index contributed by atoms with van der Waals surface area (Å²) >= 11 is 1.48. The highest BCUT2D eigenvalue weighted by molar-refractivity contribution is 7.09. The van der Waals surface area contributed by atoms with Crippen LogP contribution in [0.2, 0.25) is 0 Å². The van der Waals surface area contributed by atoms with Gasteiger partial charge in [-0.15, -0.1) is 11.3 Å². The summed E-state index contributed by atoms with van der Waals surface area (Å²) in [6.07, 6.45) is 2.83. The lowest BCUT2D eigenvalue weighted by atomic mass is 9.98. The van der Waals surface area contributed by atoms with E-state index in [9.17, 15) is 9.18 Å². The van der Waals surface area contributed by atoms with E-state index < -0.39 is 0 Å². The van der Waals surface area contributed by atoms with Crippen LogP contribution >= 0.6 is 11.3 Å². The number of fused-ring (bicyclic) bond motifs is 1. The smallest absolute Gasteiger partial charge is 0.273 e. The number of nitrogens with two attached hydrogens (primary N) is 1. The Kier molecular flexibility index (Phi) is 4.10. The van der Waals surface area contributed by atoms with Crippen molar-refractivity contribution in [2.75, 3.05) is 13.1 Å². The van der Waals surface area contributed by atoms with E-state index in [0.717, 1.165) is 36.5 Å². The van der Waals surface area contributed by atoms with Crippen LogP contribution in [0.25, 0.3) is 0 Å². The van der Waals surface area contributed by atoms with Gasteiger partial charge in [-0.1, -0.05) is 12.1 Å². The van der Waals surface area contributed by atoms with Crippen molar-refractivity contribution in [3.05, 3.63) is 51.7 Å². The number of carbonyl (C=O) groups excluding carboxylic acids is 1. The van der Waals surface area contributed by atoms with Crippen molar-refractivity contribution >= 4 is 17.2 Å². The third-order valence-electron chi connectivity index (χ3n) is 5.24. The summed E-state index contributed by atoms with van der Waals surface area (Å²) in [5.41, 5.74) is 7.65. The van der Waals surface area contributed by atoms with Crippen molar-refractivity contribution < 1.29 is 9.18 Å². The Morgan fingerprint density at radius 2 is 2.08 bits per heavy atom. The van der Waals surface area contributed by atoms with E-state index in [4.69, 9.17) is 5.73 Å². The van der Waals surface area contributed by atoms with E-state index in [1.54, 1.807) is 12.1 Å². The molecule has 126 valence electrons. The van der Waals surface area contributed by atoms with E-state index in [1.807, 2.05) is 10.3 Å². The van der Waals surface area contributed by atoms with Crippen LogP contribution in [0.1, 0.15) is 33.9 Å². The Hall–Kier alpha value is -1.79. The molecule has 0 radical (unpaired) electrons. The molecule has 2 fully saturated rings. The van der Waals surface area contributed by atoms with Crippen molar-refractivity contribution in [1.82, 2.24) is 9.88 Å². The van der Waals surface area contributed by atoms with Crippen LogP contribution in [0.5, 0.6) is 0 Å². The number of hydrogen-bond donors (Lipinski definition) is 1. The maximum absolute atomic E-state index is 13.0. The van der Waals surface area contributed by atoms with Crippen LogP contribution in [-0.4, -0.2) is 34.9 Å². The lowest BCUT2D eigenvalue weighted by Crippen LogP contribution is -2.33.